The van der Waals surface area contributed by atoms with Crippen molar-refractivity contribution in [1.29, 1.82) is 0 Å². The van der Waals surface area contributed by atoms with E-state index in [1.807, 2.05) is 0 Å². The number of nitrogens with one attached hydrogen (secondary N) is 2. The van der Waals surface area contributed by atoms with E-state index in [0.29, 0.717) is 0 Å². The van der Waals surface area contributed by atoms with Crippen molar-refractivity contribution < 1.29 is 33.5 Å². The summed E-state index contributed by atoms with van der Waals surface area (Å²) in [5.74, 6) is -3.18. The van der Waals surface area contributed by atoms with Crippen LogP contribution < -0.4 is 15.4 Å². The summed E-state index contributed by atoms with van der Waals surface area (Å²) in [7, 11) is 1.32. The number of ether oxygens (including phenoxy) is 1. The molecule has 0 heterocycles. The summed E-state index contributed by atoms with van der Waals surface area (Å²) < 4.78 is 19.1. The van der Waals surface area contributed by atoms with Crippen molar-refractivity contribution in [2.75, 3.05) is 7.11 Å². The zero-order valence-corrected chi connectivity index (χ0v) is 17.3. The van der Waals surface area contributed by atoms with Gasteiger partial charge in [0, 0.05) is 37.5 Å². The number of aliphatic carboxylic acids is 1. The number of non-ortho nitro benzene ring substituents is 1. The molecule has 0 fully saturated rings. The summed E-state index contributed by atoms with van der Waals surface area (Å²) in [5, 5.41) is 25.3. The molecule has 0 radical (unpaired) electrons. The maximum Gasteiger partial charge on any atom is 0.326 e. The molecule has 0 bridgehead atoms. The molecule has 11 heteroatoms. The molecular formula is C21H22FN3O7. The monoisotopic (exact) mass is 447 g/mol. The number of carbonyl (C=O) groups excluding carboxylic acids is 2. The fraction of sp³-hybridized carbons (Fsp3) is 0.286. The molecule has 0 aliphatic heterocycles. The lowest BCUT2D eigenvalue weighted by atomic mass is 10.0. The molecule has 32 heavy (non-hydrogen) atoms. The molecule has 2 amide bonds. The Morgan fingerprint density at radius 2 is 1.75 bits per heavy atom. The van der Waals surface area contributed by atoms with Gasteiger partial charge in [0.25, 0.3) is 5.69 Å². The van der Waals surface area contributed by atoms with Crippen molar-refractivity contribution in [2.24, 2.45) is 0 Å². The molecular weight excluding hydrogens is 425 g/mol. The molecule has 0 aliphatic carbocycles. The van der Waals surface area contributed by atoms with Gasteiger partial charge in [-0.15, -0.1) is 0 Å². The quantitative estimate of drug-likeness (QED) is 0.370. The Labute approximate surface area is 182 Å². The average molecular weight is 447 g/mol. The van der Waals surface area contributed by atoms with Crippen LogP contribution in [0, 0.1) is 15.9 Å². The number of halogens is 1. The molecule has 0 unspecified atom stereocenters. The van der Waals surface area contributed by atoms with Gasteiger partial charge < -0.3 is 20.5 Å². The van der Waals surface area contributed by atoms with Crippen LogP contribution in [0.1, 0.15) is 18.1 Å². The number of nitro groups is 1. The maximum absolute atomic E-state index is 14.0. The predicted octanol–water partition coefficient (Wildman–Crippen LogP) is 1.60. The number of nitro benzene ring substituents is 1. The Morgan fingerprint density at radius 1 is 1.09 bits per heavy atom. The maximum atomic E-state index is 14.0. The summed E-state index contributed by atoms with van der Waals surface area (Å²) in [5.41, 5.74) is 0.0835. The standard InChI is InChI=1S/C21H22FN3O7/c1-12(26)23-17(10-13-5-3-4-6-16(13)22)20(27)24-18(21(28)29)11-14-9-15(25(30)31)7-8-19(14)32-2/h3-9,17-18H,10-11H2,1-2H3,(H,23,26)(H,24,27)(H,28,29)/t17-,18-/m0/s1. The molecule has 0 aromatic heterocycles. The van der Waals surface area contributed by atoms with Crippen LogP contribution in [0.2, 0.25) is 0 Å². The summed E-state index contributed by atoms with van der Waals surface area (Å²) in [6.07, 6.45) is -0.525. The molecule has 2 atom stereocenters. The van der Waals surface area contributed by atoms with Gasteiger partial charge in [-0.05, 0) is 17.7 Å². The highest BCUT2D eigenvalue weighted by Crippen LogP contribution is 2.25. The number of amides is 2. The normalized spacial score (nSPS) is 12.3. The van der Waals surface area contributed by atoms with Gasteiger partial charge in [0.2, 0.25) is 11.8 Å². The lowest BCUT2D eigenvalue weighted by molar-refractivity contribution is -0.384. The van der Waals surface area contributed by atoms with Gasteiger partial charge in [-0.1, -0.05) is 18.2 Å². The van der Waals surface area contributed by atoms with E-state index < -0.39 is 40.6 Å². The number of hydrogen-bond donors (Lipinski definition) is 3. The van der Waals surface area contributed by atoms with Gasteiger partial charge in [-0.2, -0.15) is 0 Å². The van der Waals surface area contributed by atoms with Crippen LogP contribution >= 0.6 is 0 Å². The van der Waals surface area contributed by atoms with E-state index in [2.05, 4.69) is 10.6 Å². The Balaban J connectivity index is 2.26. The molecule has 3 N–H and O–H groups in total. The van der Waals surface area contributed by atoms with Crippen LogP contribution in [-0.4, -0.2) is 47.0 Å². The van der Waals surface area contributed by atoms with E-state index in [1.165, 1.54) is 44.4 Å². The van der Waals surface area contributed by atoms with E-state index in [1.54, 1.807) is 6.07 Å². The van der Waals surface area contributed by atoms with Crippen LogP contribution in [0.25, 0.3) is 0 Å². The zero-order chi connectivity index (χ0) is 23.8. The Morgan fingerprint density at radius 3 is 2.31 bits per heavy atom. The molecule has 2 aromatic rings. The minimum Gasteiger partial charge on any atom is -0.496 e. The second-order valence-electron chi connectivity index (χ2n) is 6.91. The van der Waals surface area contributed by atoms with E-state index >= 15 is 0 Å². The van der Waals surface area contributed by atoms with Crippen molar-refractivity contribution in [2.45, 2.75) is 31.8 Å². The third kappa shape index (κ3) is 6.49. The molecule has 0 saturated heterocycles. The minimum absolute atomic E-state index is 0.161. The van der Waals surface area contributed by atoms with Crippen molar-refractivity contribution >= 4 is 23.5 Å². The van der Waals surface area contributed by atoms with Gasteiger partial charge in [0.1, 0.15) is 23.7 Å². The van der Waals surface area contributed by atoms with Crippen molar-refractivity contribution in [3.63, 3.8) is 0 Å². The number of carboxylic acids is 1. The number of carbonyl (C=O) groups is 3. The Bertz CT molecular complexity index is 1030. The van der Waals surface area contributed by atoms with Crippen LogP contribution in [0.5, 0.6) is 5.75 Å². The first-order valence-electron chi connectivity index (χ1n) is 9.47. The number of nitrogens with zero attached hydrogens (tertiary/aromatic N) is 1. The second kappa shape index (κ2) is 10.8. The molecule has 2 aromatic carbocycles. The highest BCUT2D eigenvalue weighted by Gasteiger charge is 2.28. The average Bonchev–Trinajstić information content (AvgIpc) is 2.73. The van der Waals surface area contributed by atoms with Gasteiger partial charge in [-0.25, -0.2) is 9.18 Å². The third-order valence-corrected chi connectivity index (χ3v) is 4.59. The Hall–Kier alpha value is -4.02. The Kier molecular flexibility index (Phi) is 8.22. The summed E-state index contributed by atoms with van der Waals surface area (Å²) in [6, 6.07) is 6.64. The van der Waals surface area contributed by atoms with Gasteiger partial charge >= 0.3 is 5.97 Å². The van der Waals surface area contributed by atoms with Crippen molar-refractivity contribution in [3.8, 4) is 5.75 Å². The summed E-state index contributed by atoms with van der Waals surface area (Å²) in [6.45, 7) is 1.17. The van der Waals surface area contributed by atoms with Crippen molar-refractivity contribution in [1.82, 2.24) is 10.6 Å². The lowest BCUT2D eigenvalue weighted by Gasteiger charge is -2.22. The third-order valence-electron chi connectivity index (χ3n) is 4.59. The zero-order valence-electron chi connectivity index (χ0n) is 17.3. The van der Waals surface area contributed by atoms with Crippen LogP contribution in [-0.2, 0) is 27.2 Å². The number of carboxylic acid groups (broad SMARTS) is 1. The van der Waals surface area contributed by atoms with Crippen LogP contribution in [0.4, 0.5) is 10.1 Å². The summed E-state index contributed by atoms with van der Waals surface area (Å²) in [4.78, 5) is 46.5. The van der Waals surface area contributed by atoms with Crippen LogP contribution in [0.15, 0.2) is 42.5 Å². The molecule has 170 valence electrons. The number of rotatable bonds is 10. The molecule has 10 nitrogen and oxygen atoms in total. The smallest absolute Gasteiger partial charge is 0.326 e. The minimum atomic E-state index is -1.49. The first-order chi connectivity index (χ1) is 15.1. The largest absolute Gasteiger partial charge is 0.496 e. The van der Waals surface area contributed by atoms with Gasteiger partial charge in [0.15, 0.2) is 0 Å². The molecule has 0 aliphatic rings. The lowest BCUT2D eigenvalue weighted by Crippen LogP contribution is -2.52. The molecule has 0 saturated carbocycles. The van der Waals surface area contributed by atoms with E-state index in [-0.39, 0.29) is 35.4 Å². The fourth-order valence-electron chi connectivity index (χ4n) is 3.07. The molecule has 2 rings (SSSR count). The number of benzene rings is 2. The van der Waals surface area contributed by atoms with E-state index in [9.17, 15) is 34.0 Å². The van der Waals surface area contributed by atoms with Gasteiger partial charge in [-0.3, -0.25) is 19.7 Å². The fourth-order valence-corrected chi connectivity index (χ4v) is 3.07. The second-order valence-corrected chi connectivity index (χ2v) is 6.91. The first-order valence-corrected chi connectivity index (χ1v) is 9.47. The number of methoxy groups -OCH3 is 1. The topological polar surface area (TPSA) is 148 Å². The van der Waals surface area contributed by atoms with E-state index in [4.69, 9.17) is 4.74 Å². The number of hydrogen-bond acceptors (Lipinski definition) is 6. The molecule has 0 spiro atoms. The predicted molar refractivity (Wildman–Crippen MR) is 111 cm³/mol. The van der Waals surface area contributed by atoms with Gasteiger partial charge in [0.05, 0.1) is 12.0 Å². The van der Waals surface area contributed by atoms with Crippen molar-refractivity contribution in [3.05, 3.63) is 69.5 Å². The SMILES string of the molecule is COc1ccc([N+](=O)[O-])cc1C[C@H](NC(=O)[C@H](Cc1ccccc1F)NC(C)=O)C(=O)O. The summed E-state index contributed by atoms with van der Waals surface area (Å²) >= 11 is 0. The van der Waals surface area contributed by atoms with E-state index in [0.717, 1.165) is 6.07 Å². The van der Waals surface area contributed by atoms with Crippen LogP contribution in [0.3, 0.4) is 0 Å². The first kappa shape index (κ1) is 24.3. The highest BCUT2D eigenvalue weighted by molar-refractivity contribution is 5.90. The highest BCUT2D eigenvalue weighted by atomic mass is 19.1.